The Bertz CT molecular complexity index is 743. The minimum absolute atomic E-state index is 0.0282. The predicted octanol–water partition coefficient (Wildman–Crippen LogP) is 3.21. The lowest BCUT2D eigenvalue weighted by Gasteiger charge is -2.43. The van der Waals surface area contributed by atoms with Gasteiger partial charge in [-0.25, -0.2) is 0 Å². The molecule has 5 nitrogen and oxygen atoms in total. The minimum Gasteiger partial charge on any atom is -0.462 e. The Balaban J connectivity index is 1.30. The summed E-state index contributed by atoms with van der Waals surface area (Å²) in [5, 5.41) is 9.97. The molecule has 4 rings (SSSR count). The monoisotopic (exact) mass is 389 g/mol. The van der Waals surface area contributed by atoms with E-state index in [9.17, 15) is 0 Å². The number of aliphatic hydroxyl groups excluding tert-OH is 1. The molecule has 6 heteroatoms. The number of aliphatic hydroxyl groups is 1. The van der Waals surface area contributed by atoms with Gasteiger partial charge in [-0.05, 0) is 49.7 Å². The molecule has 2 fully saturated rings. The van der Waals surface area contributed by atoms with Gasteiger partial charge in [0.25, 0.3) is 0 Å². The second-order valence-electron chi connectivity index (χ2n) is 7.56. The number of hydrogen-bond donors (Lipinski definition) is 1. The first-order valence-corrected chi connectivity index (χ1v) is 10.2. The zero-order chi connectivity index (χ0) is 18.6. The van der Waals surface area contributed by atoms with Crippen LogP contribution in [0.4, 0.5) is 5.69 Å². The predicted molar refractivity (Wildman–Crippen MR) is 108 cm³/mol. The first-order chi connectivity index (χ1) is 13.2. The number of anilines is 1. The van der Waals surface area contributed by atoms with Crippen LogP contribution in [0.15, 0.2) is 40.8 Å². The van der Waals surface area contributed by atoms with Gasteiger partial charge < -0.3 is 14.4 Å². The molecule has 1 unspecified atom stereocenters. The molecule has 1 aromatic heterocycles. The van der Waals surface area contributed by atoms with Crippen LogP contribution in [0.25, 0.3) is 0 Å². The van der Waals surface area contributed by atoms with Crippen molar-refractivity contribution in [3.63, 3.8) is 0 Å². The normalized spacial score (nSPS) is 22.3. The largest absolute Gasteiger partial charge is 0.462 e. The summed E-state index contributed by atoms with van der Waals surface area (Å²) in [6, 6.07) is 12.6. The number of rotatable bonds is 5. The van der Waals surface area contributed by atoms with Gasteiger partial charge in [-0.2, -0.15) is 0 Å². The summed E-state index contributed by atoms with van der Waals surface area (Å²) in [5.74, 6) is 1.60. The Morgan fingerprint density at radius 1 is 1.04 bits per heavy atom. The average molecular weight is 390 g/mol. The van der Waals surface area contributed by atoms with Crippen LogP contribution in [-0.2, 0) is 13.2 Å². The van der Waals surface area contributed by atoms with E-state index in [1.54, 1.807) is 0 Å². The molecule has 2 aliphatic heterocycles. The molecule has 27 heavy (non-hydrogen) atoms. The zero-order valence-electron chi connectivity index (χ0n) is 15.7. The summed E-state index contributed by atoms with van der Waals surface area (Å²) >= 11 is 6.14. The summed E-state index contributed by atoms with van der Waals surface area (Å²) in [5.41, 5.74) is 1.23. The van der Waals surface area contributed by atoms with E-state index in [2.05, 4.69) is 26.8 Å². The van der Waals surface area contributed by atoms with E-state index in [1.807, 2.05) is 24.3 Å². The van der Waals surface area contributed by atoms with E-state index in [0.29, 0.717) is 11.8 Å². The van der Waals surface area contributed by atoms with Crippen molar-refractivity contribution < 1.29 is 9.52 Å². The highest BCUT2D eigenvalue weighted by atomic mass is 35.5. The van der Waals surface area contributed by atoms with Gasteiger partial charge in [-0.3, -0.25) is 9.80 Å². The number of benzene rings is 1. The fraction of sp³-hybridized carbons (Fsp3) is 0.524. The molecule has 0 amide bonds. The number of piperidine rings is 1. The molecule has 2 aromatic rings. The molecule has 0 saturated carbocycles. The summed E-state index contributed by atoms with van der Waals surface area (Å²) in [4.78, 5) is 7.56. The van der Waals surface area contributed by atoms with E-state index < -0.39 is 0 Å². The topological polar surface area (TPSA) is 43.1 Å². The summed E-state index contributed by atoms with van der Waals surface area (Å²) in [6.45, 7) is 7.31. The van der Waals surface area contributed by atoms with Crippen molar-refractivity contribution in [2.24, 2.45) is 0 Å². The molecule has 0 aliphatic carbocycles. The van der Waals surface area contributed by atoms with Crippen LogP contribution in [0.5, 0.6) is 0 Å². The lowest BCUT2D eigenvalue weighted by molar-refractivity contribution is 0.0842. The van der Waals surface area contributed by atoms with Crippen molar-refractivity contribution in [3.05, 3.63) is 52.9 Å². The third-order valence-electron chi connectivity index (χ3n) is 5.74. The van der Waals surface area contributed by atoms with Crippen molar-refractivity contribution in [2.75, 3.05) is 44.2 Å². The van der Waals surface area contributed by atoms with E-state index in [4.69, 9.17) is 21.1 Å². The Labute approximate surface area is 166 Å². The highest BCUT2D eigenvalue weighted by molar-refractivity contribution is 6.30. The maximum absolute atomic E-state index is 9.16. The Morgan fingerprint density at radius 2 is 1.85 bits per heavy atom. The van der Waals surface area contributed by atoms with Crippen molar-refractivity contribution in [3.8, 4) is 0 Å². The van der Waals surface area contributed by atoms with Gasteiger partial charge in [0.15, 0.2) is 0 Å². The van der Waals surface area contributed by atoms with Crippen LogP contribution in [-0.4, -0.2) is 60.2 Å². The van der Waals surface area contributed by atoms with E-state index in [1.165, 1.54) is 18.5 Å². The summed E-state index contributed by atoms with van der Waals surface area (Å²) < 4.78 is 5.67. The second-order valence-corrected chi connectivity index (χ2v) is 8.00. The first kappa shape index (κ1) is 18.8. The van der Waals surface area contributed by atoms with Crippen molar-refractivity contribution >= 4 is 17.3 Å². The Morgan fingerprint density at radius 3 is 2.59 bits per heavy atom. The molecule has 0 spiro atoms. The van der Waals surface area contributed by atoms with Crippen LogP contribution < -0.4 is 4.90 Å². The number of furan rings is 1. The average Bonchev–Trinajstić information content (AvgIpc) is 3.16. The molecule has 1 N–H and O–H groups in total. The van der Waals surface area contributed by atoms with Crippen LogP contribution >= 0.6 is 11.6 Å². The maximum atomic E-state index is 9.16. The highest BCUT2D eigenvalue weighted by Gasteiger charge is 2.28. The number of hydrogen-bond acceptors (Lipinski definition) is 5. The maximum Gasteiger partial charge on any atom is 0.129 e. The third kappa shape index (κ3) is 4.66. The van der Waals surface area contributed by atoms with Gasteiger partial charge in [0.1, 0.15) is 18.1 Å². The molecule has 0 radical (unpaired) electrons. The van der Waals surface area contributed by atoms with Crippen LogP contribution in [0.2, 0.25) is 5.02 Å². The molecule has 146 valence electrons. The van der Waals surface area contributed by atoms with Gasteiger partial charge in [0.2, 0.25) is 0 Å². The number of halogens is 1. The Kier molecular flexibility index (Phi) is 6.03. The number of likely N-dealkylation sites (tertiary alicyclic amines) is 1. The minimum atomic E-state index is -0.0282. The molecule has 0 bridgehead atoms. The van der Waals surface area contributed by atoms with Gasteiger partial charge in [0, 0.05) is 49.5 Å². The highest BCUT2D eigenvalue weighted by Crippen LogP contribution is 2.24. The van der Waals surface area contributed by atoms with E-state index in [-0.39, 0.29) is 6.61 Å². The molecule has 1 aromatic carbocycles. The summed E-state index contributed by atoms with van der Waals surface area (Å²) in [6.07, 6.45) is 2.50. The molecule has 2 saturated heterocycles. The SMILES string of the molecule is OCc1ccc(CN2CCCC(N3CCN(c4cccc(Cl)c4)CC3)C2)o1. The van der Waals surface area contributed by atoms with Crippen LogP contribution in [0.3, 0.4) is 0 Å². The van der Waals surface area contributed by atoms with Crippen LogP contribution in [0.1, 0.15) is 24.4 Å². The fourth-order valence-corrected chi connectivity index (χ4v) is 4.49. The van der Waals surface area contributed by atoms with Crippen molar-refractivity contribution in [1.29, 1.82) is 0 Å². The smallest absolute Gasteiger partial charge is 0.129 e. The fourth-order valence-electron chi connectivity index (χ4n) is 4.30. The van der Waals surface area contributed by atoms with Gasteiger partial charge in [0.05, 0.1) is 6.54 Å². The number of piperazine rings is 1. The third-order valence-corrected chi connectivity index (χ3v) is 5.97. The molecular weight excluding hydrogens is 362 g/mol. The van der Waals surface area contributed by atoms with Gasteiger partial charge in [-0.15, -0.1) is 0 Å². The van der Waals surface area contributed by atoms with E-state index in [0.717, 1.165) is 56.6 Å². The molecule has 1 atom stereocenters. The summed E-state index contributed by atoms with van der Waals surface area (Å²) in [7, 11) is 0. The lowest BCUT2D eigenvalue weighted by Crippen LogP contribution is -2.55. The first-order valence-electron chi connectivity index (χ1n) is 9.86. The molecule has 2 aliphatic rings. The van der Waals surface area contributed by atoms with E-state index >= 15 is 0 Å². The van der Waals surface area contributed by atoms with Crippen LogP contribution in [0, 0.1) is 0 Å². The quantitative estimate of drug-likeness (QED) is 0.850. The zero-order valence-corrected chi connectivity index (χ0v) is 16.4. The number of nitrogens with zero attached hydrogens (tertiary/aromatic N) is 3. The van der Waals surface area contributed by atoms with Crippen molar-refractivity contribution in [2.45, 2.75) is 32.0 Å². The van der Waals surface area contributed by atoms with Gasteiger partial charge in [-0.1, -0.05) is 17.7 Å². The van der Waals surface area contributed by atoms with Gasteiger partial charge >= 0.3 is 0 Å². The van der Waals surface area contributed by atoms with Crippen molar-refractivity contribution in [1.82, 2.24) is 9.80 Å². The molecular formula is C21H28ClN3O2. The molecule has 3 heterocycles. The lowest BCUT2D eigenvalue weighted by atomic mass is 10.0. The Hall–Kier alpha value is -1.53. The second kappa shape index (κ2) is 8.65. The standard InChI is InChI=1S/C21H28ClN3O2/c22-17-3-1-4-18(13-17)24-9-11-25(12-10-24)19-5-2-8-23(14-19)15-20-6-7-21(16-26)27-20/h1,3-4,6-7,13,19,26H,2,5,8-12,14-16H2.